The van der Waals surface area contributed by atoms with Crippen molar-refractivity contribution in [1.82, 2.24) is 0 Å². The van der Waals surface area contributed by atoms with Crippen LogP contribution in [0.15, 0.2) is 12.2 Å². The number of hydrogen-bond donors (Lipinski definition) is 0. The Kier molecular flexibility index (Phi) is 2.30. The third kappa shape index (κ3) is 1.54. The number of hydrogen-bond acceptors (Lipinski definition) is 3. The third-order valence-electron chi connectivity index (χ3n) is 3.61. The van der Waals surface area contributed by atoms with Crippen molar-refractivity contribution in [2.75, 3.05) is 0 Å². The van der Waals surface area contributed by atoms with Crippen LogP contribution < -0.4 is 0 Å². The average Bonchev–Trinajstić information content (AvgIpc) is 2.73. The standard InChI is InChI=1S/C12H15NO2/c1-8(2)11(14)15-12-4-3-9(6-12)5-10(12)7-13/h9-10H,1,3-6H2,2H3. The minimum atomic E-state index is -0.491. The van der Waals surface area contributed by atoms with E-state index in [9.17, 15) is 4.79 Å². The predicted octanol–water partition coefficient (Wildman–Crippen LogP) is 2.19. The molecule has 0 radical (unpaired) electrons. The van der Waals surface area contributed by atoms with Crippen molar-refractivity contribution in [2.24, 2.45) is 11.8 Å². The first-order valence-electron chi connectivity index (χ1n) is 5.36. The van der Waals surface area contributed by atoms with E-state index in [4.69, 9.17) is 10.00 Å². The Balaban J connectivity index is 2.15. The van der Waals surface area contributed by atoms with Gasteiger partial charge in [0.15, 0.2) is 0 Å². The fraction of sp³-hybridized carbons (Fsp3) is 0.667. The Morgan fingerprint density at radius 1 is 1.67 bits per heavy atom. The fourth-order valence-electron chi connectivity index (χ4n) is 2.81. The average molecular weight is 205 g/mol. The molecule has 2 bridgehead atoms. The number of nitrogens with zero attached hydrogens (tertiary/aromatic N) is 1. The lowest BCUT2D eigenvalue weighted by atomic mass is 9.86. The molecule has 15 heavy (non-hydrogen) atoms. The minimum absolute atomic E-state index is 0.112. The molecular weight excluding hydrogens is 190 g/mol. The molecule has 2 aliphatic rings. The summed E-state index contributed by atoms with van der Waals surface area (Å²) in [7, 11) is 0. The molecule has 80 valence electrons. The summed E-state index contributed by atoms with van der Waals surface area (Å²) in [5.74, 6) is 0.116. The van der Waals surface area contributed by atoms with Crippen molar-refractivity contribution in [1.29, 1.82) is 5.26 Å². The Labute approximate surface area is 89.7 Å². The Bertz CT molecular complexity index is 355. The summed E-state index contributed by atoms with van der Waals surface area (Å²) >= 11 is 0. The van der Waals surface area contributed by atoms with Crippen LogP contribution in [0.25, 0.3) is 0 Å². The van der Waals surface area contributed by atoms with Gasteiger partial charge in [0.05, 0.1) is 12.0 Å². The molecule has 0 saturated heterocycles. The largest absolute Gasteiger partial charge is 0.454 e. The number of fused-ring (bicyclic) bond motifs is 2. The van der Waals surface area contributed by atoms with Gasteiger partial charge >= 0.3 is 5.97 Å². The molecule has 0 aromatic rings. The molecule has 2 aliphatic carbocycles. The topological polar surface area (TPSA) is 50.1 Å². The van der Waals surface area contributed by atoms with Crippen molar-refractivity contribution >= 4 is 5.97 Å². The van der Waals surface area contributed by atoms with Crippen LogP contribution in [-0.2, 0) is 9.53 Å². The fourth-order valence-corrected chi connectivity index (χ4v) is 2.81. The molecule has 0 spiro atoms. The molecule has 3 unspecified atom stereocenters. The van der Waals surface area contributed by atoms with Gasteiger partial charge < -0.3 is 4.74 Å². The number of esters is 1. The van der Waals surface area contributed by atoms with Gasteiger partial charge in [-0.05, 0) is 38.5 Å². The molecule has 3 heteroatoms. The second-order valence-electron chi connectivity index (χ2n) is 4.76. The van der Waals surface area contributed by atoms with Crippen LogP contribution in [0.4, 0.5) is 0 Å². The number of rotatable bonds is 2. The molecule has 3 nitrogen and oxygen atoms in total. The van der Waals surface area contributed by atoms with E-state index in [0.717, 1.165) is 25.7 Å². The summed E-state index contributed by atoms with van der Waals surface area (Å²) in [6.07, 6.45) is 3.68. The summed E-state index contributed by atoms with van der Waals surface area (Å²) in [4.78, 5) is 11.5. The molecule has 0 aromatic heterocycles. The smallest absolute Gasteiger partial charge is 0.333 e. The monoisotopic (exact) mass is 205 g/mol. The second kappa shape index (κ2) is 3.37. The molecule has 2 fully saturated rings. The number of carbonyl (C=O) groups excluding carboxylic acids is 1. The first-order chi connectivity index (χ1) is 7.07. The first kappa shape index (κ1) is 10.2. The van der Waals surface area contributed by atoms with E-state index in [1.54, 1.807) is 6.92 Å². The van der Waals surface area contributed by atoms with Gasteiger partial charge in [-0.2, -0.15) is 5.26 Å². The number of carbonyl (C=O) groups is 1. The van der Waals surface area contributed by atoms with Crippen LogP contribution in [0.1, 0.15) is 32.6 Å². The van der Waals surface area contributed by atoms with E-state index in [2.05, 4.69) is 12.6 Å². The molecule has 0 aliphatic heterocycles. The molecule has 0 heterocycles. The summed E-state index contributed by atoms with van der Waals surface area (Å²) in [5, 5.41) is 9.04. The zero-order valence-electron chi connectivity index (χ0n) is 8.95. The summed E-state index contributed by atoms with van der Waals surface area (Å²) in [6.45, 7) is 5.21. The zero-order chi connectivity index (χ0) is 11.1. The van der Waals surface area contributed by atoms with Crippen molar-refractivity contribution in [3.8, 4) is 6.07 Å². The van der Waals surface area contributed by atoms with Gasteiger partial charge in [-0.25, -0.2) is 4.79 Å². The maximum absolute atomic E-state index is 11.5. The lowest BCUT2D eigenvalue weighted by Crippen LogP contribution is -2.37. The predicted molar refractivity (Wildman–Crippen MR) is 54.7 cm³/mol. The lowest BCUT2D eigenvalue weighted by molar-refractivity contribution is -0.156. The third-order valence-corrected chi connectivity index (χ3v) is 3.61. The van der Waals surface area contributed by atoms with Gasteiger partial charge in [0.25, 0.3) is 0 Å². The highest BCUT2D eigenvalue weighted by Gasteiger charge is 2.55. The molecule has 2 rings (SSSR count). The van der Waals surface area contributed by atoms with E-state index in [-0.39, 0.29) is 11.9 Å². The Morgan fingerprint density at radius 3 is 2.93 bits per heavy atom. The maximum Gasteiger partial charge on any atom is 0.333 e. The van der Waals surface area contributed by atoms with E-state index >= 15 is 0 Å². The Hall–Kier alpha value is -1.30. The van der Waals surface area contributed by atoms with Crippen molar-refractivity contribution < 1.29 is 9.53 Å². The maximum atomic E-state index is 11.5. The Morgan fingerprint density at radius 2 is 2.40 bits per heavy atom. The SMILES string of the molecule is C=C(C)C(=O)OC12CCC(CC1C#N)C2. The van der Waals surface area contributed by atoms with Crippen LogP contribution in [0.2, 0.25) is 0 Å². The zero-order valence-corrected chi connectivity index (χ0v) is 8.95. The van der Waals surface area contributed by atoms with E-state index in [0.29, 0.717) is 11.5 Å². The van der Waals surface area contributed by atoms with Crippen LogP contribution in [0.3, 0.4) is 0 Å². The lowest BCUT2D eigenvalue weighted by Gasteiger charge is -2.30. The molecule has 0 amide bonds. The minimum Gasteiger partial charge on any atom is -0.454 e. The van der Waals surface area contributed by atoms with Crippen LogP contribution in [0, 0.1) is 23.2 Å². The molecule has 3 atom stereocenters. The summed E-state index contributed by atoms with van der Waals surface area (Å²) in [5.41, 5.74) is -0.0773. The molecular formula is C12H15NO2. The van der Waals surface area contributed by atoms with Crippen molar-refractivity contribution in [2.45, 2.75) is 38.2 Å². The van der Waals surface area contributed by atoms with Gasteiger partial charge in [0.2, 0.25) is 0 Å². The summed E-state index contributed by atoms with van der Waals surface area (Å²) < 4.78 is 5.49. The number of nitriles is 1. The van der Waals surface area contributed by atoms with E-state index in [1.165, 1.54) is 0 Å². The van der Waals surface area contributed by atoms with Crippen molar-refractivity contribution in [3.05, 3.63) is 12.2 Å². The van der Waals surface area contributed by atoms with Crippen LogP contribution in [0.5, 0.6) is 0 Å². The van der Waals surface area contributed by atoms with Gasteiger partial charge in [0, 0.05) is 5.57 Å². The molecule has 0 aromatic carbocycles. The molecule has 2 saturated carbocycles. The second-order valence-corrected chi connectivity index (χ2v) is 4.76. The molecule has 0 N–H and O–H groups in total. The highest BCUT2D eigenvalue weighted by Crippen LogP contribution is 2.53. The van der Waals surface area contributed by atoms with Crippen molar-refractivity contribution in [3.63, 3.8) is 0 Å². The summed E-state index contributed by atoms with van der Waals surface area (Å²) in [6, 6.07) is 2.27. The first-order valence-corrected chi connectivity index (χ1v) is 5.36. The van der Waals surface area contributed by atoms with E-state index < -0.39 is 5.60 Å². The normalized spacial score (nSPS) is 37.3. The van der Waals surface area contributed by atoms with Gasteiger partial charge in [-0.1, -0.05) is 6.58 Å². The van der Waals surface area contributed by atoms with Crippen LogP contribution >= 0.6 is 0 Å². The van der Waals surface area contributed by atoms with Gasteiger partial charge in [-0.3, -0.25) is 0 Å². The highest BCUT2D eigenvalue weighted by atomic mass is 16.6. The quantitative estimate of drug-likeness (QED) is 0.513. The van der Waals surface area contributed by atoms with E-state index in [1.807, 2.05) is 0 Å². The van der Waals surface area contributed by atoms with Gasteiger partial charge in [-0.15, -0.1) is 0 Å². The highest BCUT2D eigenvalue weighted by molar-refractivity contribution is 5.87. The number of ether oxygens (including phenoxy) is 1. The van der Waals surface area contributed by atoms with Gasteiger partial charge in [0.1, 0.15) is 5.60 Å². The van der Waals surface area contributed by atoms with Crippen LogP contribution in [-0.4, -0.2) is 11.6 Å².